The summed E-state index contributed by atoms with van der Waals surface area (Å²) < 4.78 is 92.8. The van der Waals surface area contributed by atoms with Crippen LogP contribution >= 0.6 is 0 Å². The van der Waals surface area contributed by atoms with Crippen LogP contribution < -0.4 is 15.4 Å². The lowest BCUT2D eigenvalue weighted by molar-refractivity contribution is -0.139. The van der Waals surface area contributed by atoms with Gasteiger partial charge >= 0.3 is 6.18 Å². The summed E-state index contributed by atoms with van der Waals surface area (Å²) in [6, 6.07) is 9.76. The highest BCUT2D eigenvalue weighted by Crippen LogP contribution is 2.37. The first-order valence-electron chi connectivity index (χ1n) is 13.0. The van der Waals surface area contributed by atoms with E-state index in [2.05, 4.69) is 10.2 Å². The summed E-state index contributed by atoms with van der Waals surface area (Å²) in [5.74, 6) is 0.0519. The SMILES string of the molecule is COc1cc(S(C)(=O)=O)ccc1N(Cc1nnc(-c2cc3c(N)cccc3n2CC(F)(F)F)o1)[C@@H]1CCN(C)C[C@H]1F. The number of hydrogen-bond donors (Lipinski definition) is 1. The minimum absolute atomic E-state index is 0.0159. The molecular weight excluding hydrogens is 580 g/mol. The number of halogens is 4. The first-order valence-corrected chi connectivity index (χ1v) is 14.9. The second kappa shape index (κ2) is 11.1. The Morgan fingerprint density at radius 3 is 2.62 bits per heavy atom. The van der Waals surface area contributed by atoms with Crippen LogP contribution in [0, 0.1) is 0 Å². The fraction of sp³-hybridized carbons (Fsp3) is 0.407. The van der Waals surface area contributed by atoms with Gasteiger partial charge in [0.05, 0.1) is 35.8 Å². The van der Waals surface area contributed by atoms with Gasteiger partial charge < -0.3 is 29.3 Å². The second-order valence-electron chi connectivity index (χ2n) is 10.4. The molecule has 0 saturated carbocycles. The van der Waals surface area contributed by atoms with E-state index in [1.807, 2.05) is 11.9 Å². The Hall–Kier alpha value is -3.85. The Bertz CT molecular complexity index is 1700. The molecule has 226 valence electrons. The number of nitrogens with zero attached hydrogens (tertiary/aromatic N) is 5. The number of fused-ring (bicyclic) bond motifs is 1. The Morgan fingerprint density at radius 2 is 1.95 bits per heavy atom. The molecule has 2 atom stereocenters. The van der Waals surface area contributed by atoms with Crippen LogP contribution in [0.25, 0.3) is 22.5 Å². The van der Waals surface area contributed by atoms with Crippen molar-refractivity contribution >= 4 is 32.1 Å². The molecule has 0 spiro atoms. The molecule has 5 rings (SSSR count). The van der Waals surface area contributed by atoms with Crippen LogP contribution in [0.15, 0.2) is 51.8 Å². The molecule has 1 aliphatic rings. The molecule has 15 heteroatoms. The molecule has 42 heavy (non-hydrogen) atoms. The van der Waals surface area contributed by atoms with E-state index in [1.54, 1.807) is 17.0 Å². The zero-order chi connectivity index (χ0) is 30.4. The van der Waals surface area contributed by atoms with Gasteiger partial charge in [-0.15, -0.1) is 10.2 Å². The molecule has 1 aliphatic heterocycles. The molecule has 0 aliphatic carbocycles. The van der Waals surface area contributed by atoms with Crippen LogP contribution in [-0.2, 0) is 22.9 Å². The summed E-state index contributed by atoms with van der Waals surface area (Å²) in [5.41, 5.74) is 7.01. The first-order chi connectivity index (χ1) is 19.7. The van der Waals surface area contributed by atoms with Crippen molar-refractivity contribution in [2.24, 2.45) is 0 Å². The van der Waals surface area contributed by atoms with E-state index in [9.17, 15) is 21.6 Å². The molecule has 0 radical (unpaired) electrons. The topological polar surface area (TPSA) is 120 Å². The molecule has 0 amide bonds. The number of nitrogens with two attached hydrogens (primary N) is 1. The third-order valence-corrected chi connectivity index (χ3v) is 8.42. The van der Waals surface area contributed by atoms with Gasteiger partial charge in [-0.25, -0.2) is 12.8 Å². The third-order valence-electron chi connectivity index (χ3n) is 7.31. The van der Waals surface area contributed by atoms with E-state index >= 15 is 4.39 Å². The minimum atomic E-state index is -4.54. The van der Waals surface area contributed by atoms with Crippen LogP contribution in [0.1, 0.15) is 12.3 Å². The molecule has 2 N–H and O–H groups in total. The van der Waals surface area contributed by atoms with Crippen molar-refractivity contribution in [2.75, 3.05) is 44.1 Å². The molecule has 10 nitrogen and oxygen atoms in total. The van der Waals surface area contributed by atoms with Crippen molar-refractivity contribution in [3.05, 3.63) is 48.4 Å². The fourth-order valence-corrected chi connectivity index (χ4v) is 5.94. The summed E-state index contributed by atoms with van der Waals surface area (Å²) in [7, 11) is -0.363. The summed E-state index contributed by atoms with van der Waals surface area (Å²) in [6.45, 7) is -0.654. The number of likely N-dealkylation sites (tertiary alicyclic amines) is 1. The maximum Gasteiger partial charge on any atom is 0.406 e. The van der Waals surface area contributed by atoms with Crippen molar-refractivity contribution in [1.82, 2.24) is 19.7 Å². The molecule has 4 aromatic rings. The summed E-state index contributed by atoms with van der Waals surface area (Å²) in [4.78, 5) is 3.56. The lowest BCUT2D eigenvalue weighted by Gasteiger charge is -2.40. The first kappa shape index (κ1) is 29.6. The zero-order valence-electron chi connectivity index (χ0n) is 23.1. The van der Waals surface area contributed by atoms with E-state index in [-0.39, 0.29) is 46.7 Å². The van der Waals surface area contributed by atoms with Gasteiger partial charge in [-0.3, -0.25) is 0 Å². The zero-order valence-corrected chi connectivity index (χ0v) is 23.9. The molecule has 0 unspecified atom stereocenters. The molecular formula is C27H30F4N6O4S. The van der Waals surface area contributed by atoms with Crippen molar-refractivity contribution in [1.29, 1.82) is 0 Å². The Kier molecular flexibility index (Phi) is 7.83. The number of ether oxygens (including phenoxy) is 1. The van der Waals surface area contributed by atoms with Crippen LogP contribution in [-0.4, -0.2) is 80.0 Å². The number of benzene rings is 2. The highest BCUT2D eigenvalue weighted by Gasteiger charge is 2.36. The number of sulfone groups is 1. The van der Waals surface area contributed by atoms with Crippen molar-refractivity contribution in [2.45, 2.75) is 42.8 Å². The number of alkyl halides is 4. The average molecular weight is 611 g/mol. The van der Waals surface area contributed by atoms with Gasteiger partial charge in [-0.2, -0.15) is 13.2 Å². The van der Waals surface area contributed by atoms with E-state index < -0.39 is 34.8 Å². The Labute approximate surface area is 239 Å². The van der Waals surface area contributed by atoms with Gasteiger partial charge in [0.2, 0.25) is 5.89 Å². The van der Waals surface area contributed by atoms with Crippen molar-refractivity contribution in [3.8, 4) is 17.3 Å². The number of nitrogen functional groups attached to an aromatic ring is 1. The van der Waals surface area contributed by atoms with Crippen molar-refractivity contribution in [3.63, 3.8) is 0 Å². The maximum absolute atomic E-state index is 15.5. The minimum Gasteiger partial charge on any atom is -0.495 e. The maximum atomic E-state index is 15.5. The largest absolute Gasteiger partial charge is 0.495 e. The predicted octanol–water partition coefficient (Wildman–Crippen LogP) is 4.30. The van der Waals surface area contributed by atoms with Crippen LogP contribution in [0.4, 0.5) is 28.9 Å². The van der Waals surface area contributed by atoms with Crippen molar-refractivity contribution < 1.29 is 35.1 Å². The van der Waals surface area contributed by atoms with E-state index in [0.29, 0.717) is 29.7 Å². The van der Waals surface area contributed by atoms with Gasteiger partial charge in [0.1, 0.15) is 24.2 Å². The predicted molar refractivity (Wildman–Crippen MR) is 149 cm³/mol. The monoisotopic (exact) mass is 610 g/mol. The van der Waals surface area contributed by atoms with Crippen LogP contribution in [0.5, 0.6) is 5.75 Å². The summed E-state index contributed by atoms with van der Waals surface area (Å²) in [6.07, 6.45) is -4.33. The van der Waals surface area contributed by atoms with Gasteiger partial charge in [0.15, 0.2) is 9.84 Å². The molecule has 0 bridgehead atoms. The summed E-state index contributed by atoms with van der Waals surface area (Å²) >= 11 is 0. The molecule has 2 aromatic heterocycles. The molecule has 3 heterocycles. The lowest BCUT2D eigenvalue weighted by Crippen LogP contribution is -2.51. The number of methoxy groups -OCH3 is 1. The summed E-state index contributed by atoms with van der Waals surface area (Å²) in [5, 5.41) is 8.51. The number of aromatic nitrogens is 3. The number of piperidine rings is 1. The average Bonchev–Trinajstić information content (AvgIpc) is 3.51. The third kappa shape index (κ3) is 6.02. The molecule has 1 saturated heterocycles. The normalized spacial score (nSPS) is 18.5. The fourth-order valence-electron chi connectivity index (χ4n) is 5.30. The molecule has 2 aromatic carbocycles. The lowest BCUT2D eigenvalue weighted by atomic mass is 10.0. The number of rotatable bonds is 8. The molecule has 1 fully saturated rings. The van der Waals surface area contributed by atoms with Crippen LogP contribution in [0.2, 0.25) is 0 Å². The van der Waals surface area contributed by atoms with Gasteiger partial charge in [0, 0.05) is 36.5 Å². The van der Waals surface area contributed by atoms with Gasteiger partial charge in [-0.1, -0.05) is 6.07 Å². The Morgan fingerprint density at radius 1 is 1.19 bits per heavy atom. The van der Waals surface area contributed by atoms with E-state index in [0.717, 1.165) is 10.8 Å². The second-order valence-corrected chi connectivity index (χ2v) is 12.4. The quantitative estimate of drug-likeness (QED) is 0.230. The Balaban J connectivity index is 1.56. The standard InChI is InChI=1S/C27H30F4N6O4S/c1-35-10-9-21(18(28)13-35)36(22-8-7-16(42(3,38)39)11-24(22)40-2)14-25-33-34-26(41-25)23-12-17-19(32)5-4-6-20(17)37(23)15-27(29,30)31/h4-8,11-12,18,21H,9-10,13-15,32H2,1-3H3/t18-,21-/m1/s1. The highest BCUT2D eigenvalue weighted by molar-refractivity contribution is 7.90. The van der Waals surface area contributed by atoms with E-state index in [1.165, 1.54) is 37.4 Å². The number of hydrogen-bond acceptors (Lipinski definition) is 9. The number of anilines is 2. The van der Waals surface area contributed by atoms with E-state index in [4.69, 9.17) is 14.9 Å². The van der Waals surface area contributed by atoms with Gasteiger partial charge in [0.25, 0.3) is 5.89 Å². The van der Waals surface area contributed by atoms with Crippen LogP contribution in [0.3, 0.4) is 0 Å². The van der Waals surface area contributed by atoms with Gasteiger partial charge in [-0.05, 0) is 43.8 Å². The highest BCUT2D eigenvalue weighted by atomic mass is 32.2. The smallest absolute Gasteiger partial charge is 0.406 e.